The number of alkyl halides is 1. The highest BCUT2D eigenvalue weighted by molar-refractivity contribution is 6.17. The molecule has 0 aliphatic carbocycles. The maximum absolute atomic E-state index is 11.7. The van der Waals surface area contributed by atoms with Crippen molar-refractivity contribution in [3.63, 3.8) is 0 Å². The molecule has 1 atom stereocenters. The molecule has 0 saturated carbocycles. The fraction of sp³-hybridized carbons (Fsp3) is 0.917. The van der Waals surface area contributed by atoms with Gasteiger partial charge in [-0.15, -0.1) is 11.6 Å². The van der Waals surface area contributed by atoms with Crippen LogP contribution in [0.1, 0.15) is 45.4 Å². The second-order valence-corrected chi connectivity index (χ2v) is 4.94. The quantitative estimate of drug-likeness (QED) is 0.526. The summed E-state index contributed by atoms with van der Waals surface area (Å²) in [6, 6.07) is 0. The van der Waals surface area contributed by atoms with Crippen LogP contribution >= 0.6 is 11.6 Å². The molecule has 1 amide bonds. The number of carbonyl (C=O) groups excluding carboxylic acids is 1. The Labute approximate surface area is 98.0 Å². The van der Waals surface area contributed by atoms with Gasteiger partial charge in [0.2, 0.25) is 5.91 Å². The Morgan fingerprint density at radius 1 is 1.33 bits per heavy atom. The predicted molar refractivity (Wildman–Crippen MR) is 64.2 cm³/mol. The number of amides is 1. The van der Waals surface area contributed by atoms with Crippen LogP contribution in [0.2, 0.25) is 0 Å². The zero-order valence-electron chi connectivity index (χ0n) is 9.67. The fourth-order valence-electron chi connectivity index (χ4n) is 1.98. The van der Waals surface area contributed by atoms with E-state index < -0.39 is 0 Å². The largest absolute Gasteiger partial charge is 0.343 e. The van der Waals surface area contributed by atoms with Gasteiger partial charge in [0.1, 0.15) is 0 Å². The van der Waals surface area contributed by atoms with Gasteiger partial charge in [0.05, 0.1) is 0 Å². The molecule has 1 aliphatic heterocycles. The molecule has 1 unspecified atom stereocenters. The molecule has 0 aromatic heterocycles. The van der Waals surface area contributed by atoms with Crippen molar-refractivity contribution in [3.8, 4) is 0 Å². The molecule has 1 aliphatic rings. The second kappa shape index (κ2) is 7.10. The average Bonchev–Trinajstić information content (AvgIpc) is 2.38. The van der Waals surface area contributed by atoms with E-state index in [0.29, 0.717) is 11.8 Å². The Morgan fingerprint density at radius 2 is 2.13 bits per heavy atom. The van der Waals surface area contributed by atoms with Gasteiger partial charge in [-0.25, -0.2) is 0 Å². The summed E-state index contributed by atoms with van der Waals surface area (Å²) in [4.78, 5) is 13.8. The normalized spacial score (nSPS) is 22.9. The van der Waals surface area contributed by atoms with Crippen LogP contribution in [0.4, 0.5) is 0 Å². The lowest BCUT2D eigenvalue weighted by Gasteiger charge is -2.20. The van der Waals surface area contributed by atoms with E-state index in [1.54, 1.807) is 0 Å². The van der Waals surface area contributed by atoms with E-state index >= 15 is 0 Å². The molecule has 0 spiro atoms. The molecule has 0 N–H and O–H groups in total. The van der Waals surface area contributed by atoms with Crippen LogP contribution in [-0.2, 0) is 4.79 Å². The lowest BCUT2D eigenvalue weighted by molar-refractivity contribution is -0.130. The lowest BCUT2D eigenvalue weighted by atomic mass is 10.0. The molecule has 1 fully saturated rings. The number of hydrogen-bond donors (Lipinski definition) is 0. The van der Waals surface area contributed by atoms with Gasteiger partial charge in [-0.05, 0) is 31.6 Å². The van der Waals surface area contributed by atoms with Crippen LogP contribution < -0.4 is 0 Å². The Hall–Kier alpha value is -0.240. The van der Waals surface area contributed by atoms with Crippen molar-refractivity contribution < 1.29 is 4.79 Å². The highest BCUT2D eigenvalue weighted by atomic mass is 35.5. The topological polar surface area (TPSA) is 20.3 Å². The van der Waals surface area contributed by atoms with E-state index in [4.69, 9.17) is 11.6 Å². The smallest absolute Gasteiger partial charge is 0.222 e. The van der Waals surface area contributed by atoms with Gasteiger partial charge in [0.25, 0.3) is 0 Å². The van der Waals surface area contributed by atoms with Crippen LogP contribution in [0.3, 0.4) is 0 Å². The summed E-state index contributed by atoms with van der Waals surface area (Å²) in [6.45, 7) is 4.13. The van der Waals surface area contributed by atoms with Crippen LogP contribution in [0.25, 0.3) is 0 Å². The minimum atomic E-state index is 0.352. The molecule has 2 nitrogen and oxygen atoms in total. The molecule has 1 rings (SSSR count). The summed E-state index contributed by atoms with van der Waals surface area (Å²) >= 11 is 5.62. The summed E-state index contributed by atoms with van der Waals surface area (Å²) < 4.78 is 0. The van der Waals surface area contributed by atoms with E-state index in [0.717, 1.165) is 51.1 Å². The standard InChI is InChI=1S/C12H22ClNO/c1-11-5-6-12(15)14(10-7-11)9-4-2-3-8-13/h11H,2-10H2,1H3. The second-order valence-electron chi connectivity index (χ2n) is 4.56. The van der Waals surface area contributed by atoms with Crippen molar-refractivity contribution in [1.29, 1.82) is 0 Å². The molecule has 0 radical (unpaired) electrons. The first kappa shape index (κ1) is 12.8. The Kier molecular flexibility index (Phi) is 6.07. The van der Waals surface area contributed by atoms with E-state index in [2.05, 4.69) is 6.92 Å². The third-order valence-corrected chi connectivity index (χ3v) is 3.42. The first-order valence-corrected chi connectivity index (χ1v) is 6.61. The van der Waals surface area contributed by atoms with Gasteiger partial charge in [0.15, 0.2) is 0 Å². The van der Waals surface area contributed by atoms with Crippen LogP contribution in [0, 0.1) is 5.92 Å². The summed E-state index contributed by atoms with van der Waals surface area (Å²) in [6.07, 6.45) is 6.30. The third kappa shape index (κ3) is 4.87. The van der Waals surface area contributed by atoms with Crippen LogP contribution in [0.15, 0.2) is 0 Å². The number of hydrogen-bond acceptors (Lipinski definition) is 1. The molecule has 1 heterocycles. The molecule has 88 valence electrons. The maximum Gasteiger partial charge on any atom is 0.222 e. The number of likely N-dealkylation sites (tertiary alicyclic amines) is 1. The number of halogens is 1. The predicted octanol–water partition coefficient (Wildman–Crippen LogP) is 3.04. The Morgan fingerprint density at radius 3 is 2.87 bits per heavy atom. The van der Waals surface area contributed by atoms with E-state index in [-0.39, 0.29) is 0 Å². The Balaban J connectivity index is 2.23. The monoisotopic (exact) mass is 231 g/mol. The summed E-state index contributed by atoms with van der Waals surface area (Å²) in [5.74, 6) is 1.80. The molecule has 3 heteroatoms. The first-order chi connectivity index (χ1) is 7.24. The van der Waals surface area contributed by atoms with Gasteiger partial charge >= 0.3 is 0 Å². The van der Waals surface area contributed by atoms with Crippen molar-refractivity contribution in [2.24, 2.45) is 5.92 Å². The van der Waals surface area contributed by atoms with Gasteiger partial charge < -0.3 is 4.90 Å². The van der Waals surface area contributed by atoms with Crippen LogP contribution in [-0.4, -0.2) is 29.8 Å². The molecular weight excluding hydrogens is 210 g/mol. The summed E-state index contributed by atoms with van der Waals surface area (Å²) in [5, 5.41) is 0. The average molecular weight is 232 g/mol. The van der Waals surface area contributed by atoms with Crippen molar-refractivity contribution in [1.82, 2.24) is 4.90 Å². The molecule has 15 heavy (non-hydrogen) atoms. The number of rotatable bonds is 5. The highest BCUT2D eigenvalue weighted by Gasteiger charge is 2.19. The summed E-state index contributed by atoms with van der Waals surface area (Å²) in [7, 11) is 0. The zero-order chi connectivity index (χ0) is 11.1. The maximum atomic E-state index is 11.7. The van der Waals surface area contributed by atoms with Crippen LogP contribution in [0.5, 0.6) is 0 Å². The van der Waals surface area contributed by atoms with E-state index in [9.17, 15) is 4.79 Å². The lowest BCUT2D eigenvalue weighted by Crippen LogP contribution is -2.31. The fourth-order valence-corrected chi connectivity index (χ4v) is 2.17. The highest BCUT2D eigenvalue weighted by Crippen LogP contribution is 2.17. The number of carbonyl (C=O) groups is 1. The number of nitrogens with zero attached hydrogens (tertiary/aromatic N) is 1. The molecular formula is C12H22ClNO. The van der Waals surface area contributed by atoms with Gasteiger partial charge in [0, 0.05) is 25.4 Å². The molecule has 1 saturated heterocycles. The third-order valence-electron chi connectivity index (χ3n) is 3.16. The molecule has 0 bridgehead atoms. The van der Waals surface area contributed by atoms with Crippen molar-refractivity contribution >= 4 is 17.5 Å². The van der Waals surface area contributed by atoms with Gasteiger partial charge in [-0.2, -0.15) is 0 Å². The minimum absolute atomic E-state index is 0.352. The Bertz CT molecular complexity index is 196. The SMILES string of the molecule is CC1CCC(=O)N(CCCCCCl)CC1. The summed E-state index contributed by atoms with van der Waals surface area (Å²) in [5.41, 5.74) is 0. The van der Waals surface area contributed by atoms with E-state index in [1.165, 1.54) is 6.42 Å². The van der Waals surface area contributed by atoms with Gasteiger partial charge in [-0.1, -0.05) is 13.3 Å². The van der Waals surface area contributed by atoms with Gasteiger partial charge in [-0.3, -0.25) is 4.79 Å². The van der Waals surface area contributed by atoms with Crippen molar-refractivity contribution in [2.75, 3.05) is 19.0 Å². The number of unbranched alkanes of at least 4 members (excludes halogenated alkanes) is 2. The first-order valence-electron chi connectivity index (χ1n) is 6.07. The van der Waals surface area contributed by atoms with Crippen molar-refractivity contribution in [3.05, 3.63) is 0 Å². The van der Waals surface area contributed by atoms with E-state index in [1.807, 2.05) is 4.90 Å². The molecule has 0 aromatic rings. The van der Waals surface area contributed by atoms with Crippen molar-refractivity contribution in [2.45, 2.75) is 45.4 Å². The molecule has 0 aromatic carbocycles. The minimum Gasteiger partial charge on any atom is -0.343 e. The zero-order valence-corrected chi connectivity index (χ0v) is 10.4.